The molecule has 126 valence electrons. The number of hydrogen-bond donors (Lipinski definition) is 0. The summed E-state index contributed by atoms with van der Waals surface area (Å²) < 4.78 is 18.6. The van der Waals surface area contributed by atoms with Crippen LogP contribution in [-0.4, -0.2) is 36.1 Å². The molecule has 3 nitrogen and oxygen atoms in total. The number of carbonyl (C=O) groups excluding carboxylic acids is 1. The molecule has 0 N–H and O–H groups in total. The van der Waals surface area contributed by atoms with Gasteiger partial charge in [-0.2, -0.15) is 0 Å². The van der Waals surface area contributed by atoms with E-state index in [1.54, 1.807) is 29.5 Å². The Hall–Kier alpha value is -1.98. The van der Waals surface area contributed by atoms with Gasteiger partial charge in [-0.15, -0.1) is 11.3 Å². The van der Waals surface area contributed by atoms with Gasteiger partial charge in [-0.25, -0.2) is 4.39 Å². The highest BCUT2D eigenvalue weighted by molar-refractivity contribution is 7.16. The summed E-state index contributed by atoms with van der Waals surface area (Å²) in [6, 6.07) is 10.4. The zero-order valence-electron chi connectivity index (χ0n) is 13.7. The first kappa shape index (κ1) is 16.9. The monoisotopic (exact) mass is 345 g/mol. The van der Waals surface area contributed by atoms with E-state index in [1.807, 2.05) is 37.0 Å². The topological polar surface area (TPSA) is 29.5 Å². The largest absolute Gasteiger partial charge is 0.372 e. The predicted octanol–water partition coefficient (Wildman–Crippen LogP) is 4.20. The summed E-state index contributed by atoms with van der Waals surface area (Å²) in [4.78, 5) is 16.2. The molecule has 1 saturated heterocycles. The Bertz CT molecular complexity index is 728. The van der Waals surface area contributed by atoms with Crippen molar-refractivity contribution in [2.24, 2.45) is 0 Å². The van der Waals surface area contributed by atoms with E-state index in [0.717, 1.165) is 15.3 Å². The summed E-state index contributed by atoms with van der Waals surface area (Å²) in [6.45, 7) is 5.21. The molecule has 1 aliphatic heterocycles. The minimum atomic E-state index is -0.241. The Balaban J connectivity index is 1.66. The zero-order valence-corrected chi connectivity index (χ0v) is 14.6. The van der Waals surface area contributed by atoms with Gasteiger partial charge >= 0.3 is 0 Å². The van der Waals surface area contributed by atoms with Crippen LogP contribution in [0.1, 0.15) is 18.7 Å². The van der Waals surface area contributed by atoms with Crippen molar-refractivity contribution in [3.8, 4) is 10.4 Å². The maximum atomic E-state index is 13.0. The van der Waals surface area contributed by atoms with E-state index >= 15 is 0 Å². The molecule has 1 fully saturated rings. The lowest BCUT2D eigenvalue weighted by atomic mass is 10.2. The molecule has 0 bridgehead atoms. The molecule has 2 unspecified atom stereocenters. The van der Waals surface area contributed by atoms with Crippen LogP contribution >= 0.6 is 11.3 Å². The van der Waals surface area contributed by atoms with E-state index in [-0.39, 0.29) is 23.9 Å². The number of carbonyl (C=O) groups is 1. The van der Waals surface area contributed by atoms with Gasteiger partial charge in [0.25, 0.3) is 0 Å². The van der Waals surface area contributed by atoms with Gasteiger partial charge in [0.1, 0.15) is 5.82 Å². The first-order valence-electron chi connectivity index (χ1n) is 7.99. The van der Waals surface area contributed by atoms with E-state index in [2.05, 4.69) is 0 Å². The normalized spacial score (nSPS) is 21.4. The number of nitrogens with zero attached hydrogens (tertiary/aromatic N) is 1. The Labute approximate surface area is 145 Å². The van der Waals surface area contributed by atoms with Gasteiger partial charge in [0.15, 0.2) is 0 Å². The second-order valence-corrected chi connectivity index (χ2v) is 7.16. The highest BCUT2D eigenvalue weighted by atomic mass is 32.1. The summed E-state index contributed by atoms with van der Waals surface area (Å²) in [5.74, 6) is -0.233. The summed E-state index contributed by atoms with van der Waals surface area (Å²) >= 11 is 1.58. The third kappa shape index (κ3) is 4.10. The fraction of sp³-hybridized carbons (Fsp3) is 0.316. The van der Waals surface area contributed by atoms with Crippen LogP contribution in [-0.2, 0) is 9.53 Å². The molecule has 1 aromatic carbocycles. The number of thiophene rings is 1. The van der Waals surface area contributed by atoms with Crippen LogP contribution in [0, 0.1) is 5.82 Å². The van der Waals surface area contributed by atoms with Gasteiger partial charge in [0, 0.05) is 28.9 Å². The number of ether oxygens (including phenoxy) is 1. The predicted molar refractivity (Wildman–Crippen MR) is 95.3 cm³/mol. The lowest BCUT2D eigenvalue weighted by molar-refractivity contribution is -0.137. The molecule has 3 rings (SSSR count). The SMILES string of the molecule is CC1CN(C(=O)/C=C/c2ccc(-c3ccc(F)cc3)s2)CC(C)O1. The van der Waals surface area contributed by atoms with E-state index in [1.165, 1.54) is 12.1 Å². The molecule has 0 spiro atoms. The molecule has 1 aromatic heterocycles. The molecule has 1 aliphatic rings. The third-order valence-corrected chi connectivity index (χ3v) is 4.98. The molecule has 5 heteroatoms. The van der Waals surface area contributed by atoms with Crippen molar-refractivity contribution in [2.75, 3.05) is 13.1 Å². The molecular formula is C19H20FNO2S. The average Bonchev–Trinajstić information content (AvgIpc) is 3.01. The number of halogens is 1. The van der Waals surface area contributed by atoms with Gasteiger partial charge in [-0.05, 0) is 49.8 Å². The molecule has 0 saturated carbocycles. The highest BCUT2D eigenvalue weighted by Gasteiger charge is 2.24. The smallest absolute Gasteiger partial charge is 0.246 e. The lowest BCUT2D eigenvalue weighted by Crippen LogP contribution is -2.47. The summed E-state index contributed by atoms with van der Waals surface area (Å²) in [5.41, 5.74) is 0.975. The van der Waals surface area contributed by atoms with Gasteiger partial charge in [-0.1, -0.05) is 12.1 Å². The van der Waals surface area contributed by atoms with Crippen molar-refractivity contribution in [1.82, 2.24) is 4.90 Å². The van der Waals surface area contributed by atoms with Gasteiger partial charge in [0.2, 0.25) is 5.91 Å². The first-order chi connectivity index (χ1) is 11.5. The number of benzene rings is 1. The average molecular weight is 345 g/mol. The van der Waals surface area contributed by atoms with Crippen LogP contribution in [0.15, 0.2) is 42.5 Å². The standard InChI is InChI=1S/C19H20FNO2S/c1-13-11-21(12-14(2)23-13)19(22)10-8-17-7-9-18(24-17)15-3-5-16(20)6-4-15/h3-10,13-14H,11-12H2,1-2H3/b10-8+. The van der Waals surface area contributed by atoms with E-state index in [0.29, 0.717) is 13.1 Å². The minimum absolute atomic E-state index is 0.00809. The molecule has 2 aromatic rings. The van der Waals surface area contributed by atoms with E-state index < -0.39 is 0 Å². The summed E-state index contributed by atoms with van der Waals surface area (Å²) in [6.07, 6.45) is 3.59. The molecule has 2 atom stereocenters. The van der Waals surface area contributed by atoms with E-state index in [4.69, 9.17) is 4.74 Å². The Morgan fingerprint density at radius 1 is 1.17 bits per heavy atom. The van der Waals surface area contributed by atoms with E-state index in [9.17, 15) is 9.18 Å². The highest BCUT2D eigenvalue weighted by Crippen LogP contribution is 2.29. The summed E-state index contributed by atoms with van der Waals surface area (Å²) in [5, 5.41) is 0. The first-order valence-corrected chi connectivity index (χ1v) is 8.81. The van der Waals surface area contributed by atoms with Crippen molar-refractivity contribution in [1.29, 1.82) is 0 Å². The van der Waals surface area contributed by atoms with Gasteiger partial charge < -0.3 is 9.64 Å². The van der Waals surface area contributed by atoms with Crippen LogP contribution in [0.2, 0.25) is 0 Å². The third-order valence-electron chi connectivity index (χ3n) is 3.88. The fourth-order valence-electron chi connectivity index (χ4n) is 2.83. The van der Waals surface area contributed by atoms with Gasteiger partial charge in [0.05, 0.1) is 12.2 Å². The van der Waals surface area contributed by atoms with Crippen molar-refractivity contribution in [3.63, 3.8) is 0 Å². The zero-order chi connectivity index (χ0) is 17.1. The Kier molecular flexibility index (Phi) is 5.11. The fourth-order valence-corrected chi connectivity index (χ4v) is 3.74. The molecule has 1 amide bonds. The molecule has 24 heavy (non-hydrogen) atoms. The van der Waals surface area contributed by atoms with Crippen molar-refractivity contribution >= 4 is 23.3 Å². The molecular weight excluding hydrogens is 325 g/mol. The maximum absolute atomic E-state index is 13.0. The van der Waals surface area contributed by atoms with Crippen LogP contribution in [0.3, 0.4) is 0 Å². The van der Waals surface area contributed by atoms with Gasteiger partial charge in [-0.3, -0.25) is 4.79 Å². The number of amides is 1. The molecule has 0 aliphatic carbocycles. The number of rotatable bonds is 3. The van der Waals surface area contributed by atoms with Crippen LogP contribution in [0.25, 0.3) is 16.5 Å². The number of morpholine rings is 1. The Morgan fingerprint density at radius 2 is 1.83 bits per heavy atom. The number of hydrogen-bond acceptors (Lipinski definition) is 3. The second-order valence-electron chi connectivity index (χ2n) is 6.04. The lowest BCUT2D eigenvalue weighted by Gasteiger charge is -2.34. The van der Waals surface area contributed by atoms with Crippen molar-refractivity contribution < 1.29 is 13.9 Å². The van der Waals surface area contributed by atoms with Crippen molar-refractivity contribution in [2.45, 2.75) is 26.1 Å². The minimum Gasteiger partial charge on any atom is -0.372 e. The van der Waals surface area contributed by atoms with Crippen LogP contribution in [0.4, 0.5) is 4.39 Å². The quantitative estimate of drug-likeness (QED) is 0.780. The van der Waals surface area contributed by atoms with Crippen molar-refractivity contribution in [3.05, 3.63) is 53.2 Å². The summed E-state index contributed by atoms with van der Waals surface area (Å²) in [7, 11) is 0. The molecule has 2 heterocycles. The Morgan fingerprint density at radius 3 is 2.50 bits per heavy atom. The molecule has 0 radical (unpaired) electrons. The second kappa shape index (κ2) is 7.28. The maximum Gasteiger partial charge on any atom is 0.246 e. The van der Waals surface area contributed by atoms with Crippen LogP contribution in [0.5, 0.6) is 0 Å². The van der Waals surface area contributed by atoms with Crippen LogP contribution < -0.4 is 0 Å².